The Balaban J connectivity index is 1.80. The van der Waals surface area contributed by atoms with Crippen LogP contribution in [0.4, 0.5) is 0 Å². The summed E-state index contributed by atoms with van der Waals surface area (Å²) < 4.78 is 6.71. The van der Waals surface area contributed by atoms with Crippen LogP contribution in [0.5, 0.6) is 0 Å². The Morgan fingerprint density at radius 1 is 1.35 bits per heavy atom. The minimum absolute atomic E-state index is 0.434. The van der Waals surface area contributed by atoms with E-state index in [2.05, 4.69) is 37.2 Å². The van der Waals surface area contributed by atoms with Crippen LogP contribution in [0.2, 0.25) is 0 Å². The van der Waals surface area contributed by atoms with Gasteiger partial charge in [0.15, 0.2) is 17.8 Å². The molecule has 26 heavy (non-hydrogen) atoms. The summed E-state index contributed by atoms with van der Waals surface area (Å²) in [4.78, 5) is 22.4. The zero-order valence-corrected chi connectivity index (χ0v) is 15.3. The van der Waals surface area contributed by atoms with Crippen molar-refractivity contribution in [3.63, 3.8) is 0 Å². The van der Waals surface area contributed by atoms with Gasteiger partial charge in [0.1, 0.15) is 11.5 Å². The van der Waals surface area contributed by atoms with E-state index in [-0.39, 0.29) is 0 Å². The first kappa shape index (κ1) is 18.2. The fourth-order valence-corrected chi connectivity index (χ4v) is 2.83. The van der Waals surface area contributed by atoms with Crippen molar-refractivity contribution in [3.8, 4) is 5.82 Å². The summed E-state index contributed by atoms with van der Waals surface area (Å²) in [7, 11) is 3.76. The van der Waals surface area contributed by atoms with Crippen molar-refractivity contribution in [2.45, 2.75) is 19.8 Å². The summed E-state index contributed by atoms with van der Waals surface area (Å²) in [6, 6.07) is 0. The van der Waals surface area contributed by atoms with Gasteiger partial charge in [0.2, 0.25) is 0 Å². The summed E-state index contributed by atoms with van der Waals surface area (Å²) in [5, 5.41) is 12.0. The molecule has 0 bridgehead atoms. The Morgan fingerprint density at radius 2 is 2.19 bits per heavy atom. The van der Waals surface area contributed by atoms with Crippen molar-refractivity contribution < 1.29 is 9.53 Å². The molecular weight excluding hydrogens is 334 g/mol. The van der Waals surface area contributed by atoms with Crippen molar-refractivity contribution in [3.05, 3.63) is 29.5 Å². The van der Waals surface area contributed by atoms with Crippen LogP contribution < -0.4 is 0 Å². The summed E-state index contributed by atoms with van der Waals surface area (Å²) in [6.45, 7) is 4.33. The number of likely N-dealkylation sites (N-methyl/N-ethyl adjacent to an activating group) is 1. The molecule has 0 aliphatic carbocycles. The van der Waals surface area contributed by atoms with E-state index in [0.29, 0.717) is 23.0 Å². The average Bonchev–Trinajstić information content (AvgIpc) is 3.25. The van der Waals surface area contributed by atoms with Crippen molar-refractivity contribution in [2.75, 3.05) is 33.9 Å². The van der Waals surface area contributed by atoms with Crippen LogP contribution in [0.15, 0.2) is 12.4 Å². The molecule has 9 heteroatoms. The fourth-order valence-electron chi connectivity index (χ4n) is 2.83. The van der Waals surface area contributed by atoms with Gasteiger partial charge in [-0.2, -0.15) is 10.2 Å². The van der Waals surface area contributed by atoms with E-state index in [1.807, 2.05) is 13.1 Å². The molecule has 3 rings (SSSR count). The molecule has 3 aromatic heterocycles. The first-order chi connectivity index (χ1) is 12.6. The van der Waals surface area contributed by atoms with Crippen LogP contribution >= 0.6 is 0 Å². The third-order valence-electron chi connectivity index (χ3n) is 4.20. The molecule has 0 unspecified atom stereocenters. The van der Waals surface area contributed by atoms with Gasteiger partial charge in [-0.05, 0) is 26.8 Å². The third kappa shape index (κ3) is 3.94. The second-order valence-electron chi connectivity index (χ2n) is 6.23. The largest absolute Gasteiger partial charge is 0.385 e. The Bertz CT molecular complexity index is 886. The molecule has 0 aliphatic heterocycles. The number of methoxy groups -OCH3 is 1. The average molecular weight is 357 g/mol. The Morgan fingerprint density at radius 3 is 2.96 bits per heavy atom. The predicted octanol–water partition coefficient (Wildman–Crippen LogP) is 1.17. The number of nitrogens with zero attached hydrogens (tertiary/aromatic N) is 6. The van der Waals surface area contributed by atoms with Gasteiger partial charge in [0, 0.05) is 38.6 Å². The van der Waals surface area contributed by atoms with Crippen molar-refractivity contribution >= 4 is 17.3 Å². The van der Waals surface area contributed by atoms with Crippen LogP contribution in [0.25, 0.3) is 16.9 Å². The second kappa shape index (κ2) is 8.15. The molecule has 9 nitrogen and oxygen atoms in total. The summed E-state index contributed by atoms with van der Waals surface area (Å²) in [5.41, 5.74) is 1.98. The van der Waals surface area contributed by atoms with Gasteiger partial charge in [0.05, 0.1) is 11.6 Å². The van der Waals surface area contributed by atoms with E-state index in [1.54, 1.807) is 18.0 Å². The number of carbonyl (C=O) groups is 1. The number of carbonyl (C=O) groups excluding carboxylic acids is 1. The van der Waals surface area contributed by atoms with Gasteiger partial charge in [0.25, 0.3) is 0 Å². The molecule has 138 valence electrons. The molecule has 0 amide bonds. The molecule has 0 aliphatic rings. The molecule has 0 radical (unpaired) electrons. The normalized spacial score (nSPS) is 11.5. The number of hydrogen-bond donors (Lipinski definition) is 1. The van der Waals surface area contributed by atoms with E-state index in [4.69, 9.17) is 4.74 Å². The number of ether oxygens (including phenoxy) is 1. The van der Waals surface area contributed by atoms with Crippen molar-refractivity contribution in [1.82, 2.24) is 34.8 Å². The minimum atomic E-state index is 0.434. The molecular formula is C17H23N7O2. The van der Waals surface area contributed by atoms with Crippen molar-refractivity contribution in [2.24, 2.45) is 0 Å². The number of aromatic amines is 1. The molecule has 0 saturated heterocycles. The van der Waals surface area contributed by atoms with Gasteiger partial charge in [-0.1, -0.05) is 0 Å². The Labute approximate surface area is 151 Å². The number of H-pyrrole nitrogens is 1. The molecule has 3 aromatic rings. The molecule has 0 fully saturated rings. The molecule has 0 spiro atoms. The van der Waals surface area contributed by atoms with Gasteiger partial charge in [-0.15, -0.1) is 0 Å². The lowest BCUT2D eigenvalue weighted by Crippen LogP contribution is -2.23. The summed E-state index contributed by atoms with van der Waals surface area (Å²) in [6.07, 6.45) is 6.02. The van der Waals surface area contributed by atoms with E-state index >= 15 is 0 Å². The smallest absolute Gasteiger partial charge is 0.170 e. The molecule has 0 aromatic carbocycles. The highest BCUT2D eigenvalue weighted by atomic mass is 16.5. The lowest BCUT2D eigenvalue weighted by molar-refractivity contribution is 0.111. The molecule has 1 N–H and O–H groups in total. The van der Waals surface area contributed by atoms with E-state index in [1.165, 1.54) is 0 Å². The number of fused-ring (bicyclic) bond motifs is 1. The number of aryl methyl sites for hydroxylation is 1. The number of aromatic nitrogens is 6. The van der Waals surface area contributed by atoms with Gasteiger partial charge < -0.3 is 9.64 Å². The molecule has 3 heterocycles. The van der Waals surface area contributed by atoms with Gasteiger partial charge in [-0.25, -0.2) is 14.6 Å². The van der Waals surface area contributed by atoms with Crippen LogP contribution in [-0.4, -0.2) is 75.0 Å². The van der Waals surface area contributed by atoms with E-state index in [0.717, 1.165) is 49.8 Å². The fraction of sp³-hybridized carbons (Fsp3) is 0.471. The van der Waals surface area contributed by atoms with E-state index in [9.17, 15) is 4.79 Å². The molecule has 0 atom stereocenters. The number of hydrogen-bond acceptors (Lipinski definition) is 7. The maximum atomic E-state index is 11.5. The number of aldehydes is 1. The quantitative estimate of drug-likeness (QED) is 0.453. The monoisotopic (exact) mass is 357 g/mol. The minimum Gasteiger partial charge on any atom is -0.385 e. The maximum absolute atomic E-state index is 11.5. The predicted molar refractivity (Wildman–Crippen MR) is 96.6 cm³/mol. The first-order valence-corrected chi connectivity index (χ1v) is 8.51. The van der Waals surface area contributed by atoms with Crippen LogP contribution in [-0.2, 0) is 11.2 Å². The zero-order valence-electron chi connectivity index (χ0n) is 15.3. The SMILES string of the molecule is COCCCN(C)CCc1cn(-c2nc(C)nc3[nH]ncc23)nc1C=O. The zero-order chi connectivity index (χ0) is 18.5. The van der Waals surface area contributed by atoms with Gasteiger partial charge in [-0.3, -0.25) is 9.89 Å². The van der Waals surface area contributed by atoms with E-state index < -0.39 is 0 Å². The molecule has 0 saturated carbocycles. The summed E-state index contributed by atoms with van der Waals surface area (Å²) in [5.74, 6) is 1.23. The Hall–Kier alpha value is -2.65. The lowest BCUT2D eigenvalue weighted by atomic mass is 10.2. The first-order valence-electron chi connectivity index (χ1n) is 8.51. The summed E-state index contributed by atoms with van der Waals surface area (Å²) >= 11 is 0. The second-order valence-corrected chi connectivity index (χ2v) is 6.23. The van der Waals surface area contributed by atoms with Crippen LogP contribution in [0.3, 0.4) is 0 Å². The lowest BCUT2D eigenvalue weighted by Gasteiger charge is -2.15. The maximum Gasteiger partial charge on any atom is 0.170 e. The topological polar surface area (TPSA) is 102 Å². The standard InChI is InChI=1S/C17H23N7O2/c1-12-19-16-14(9-18-21-16)17(20-12)24-10-13(15(11-25)22-24)5-7-23(2)6-4-8-26-3/h9-11H,4-8H2,1-3H3,(H,18,19,20,21). The highest BCUT2D eigenvalue weighted by Crippen LogP contribution is 2.18. The van der Waals surface area contributed by atoms with Gasteiger partial charge >= 0.3 is 0 Å². The number of nitrogens with one attached hydrogen (secondary N) is 1. The Kier molecular flexibility index (Phi) is 5.69. The number of rotatable bonds is 9. The van der Waals surface area contributed by atoms with Crippen molar-refractivity contribution in [1.29, 1.82) is 0 Å². The highest BCUT2D eigenvalue weighted by molar-refractivity contribution is 5.82. The van der Waals surface area contributed by atoms with Crippen LogP contribution in [0, 0.1) is 6.92 Å². The highest BCUT2D eigenvalue weighted by Gasteiger charge is 2.15. The van der Waals surface area contributed by atoms with Crippen LogP contribution in [0.1, 0.15) is 28.3 Å². The third-order valence-corrected chi connectivity index (χ3v) is 4.20.